The van der Waals surface area contributed by atoms with E-state index in [1.54, 1.807) is 0 Å². The summed E-state index contributed by atoms with van der Waals surface area (Å²) in [5.74, 6) is 0.0347. The summed E-state index contributed by atoms with van der Waals surface area (Å²) in [4.78, 5) is 3.63. The number of aromatic nitrogens is 1. The van der Waals surface area contributed by atoms with Crippen molar-refractivity contribution in [2.24, 2.45) is 0 Å². The van der Waals surface area contributed by atoms with E-state index < -0.39 is 7.12 Å². The second kappa shape index (κ2) is 3.08. The summed E-state index contributed by atoms with van der Waals surface area (Å²) in [7, 11) is -1.67. The maximum atomic E-state index is 8.74. The zero-order valence-corrected chi connectivity index (χ0v) is 6.28. The Kier molecular flexibility index (Phi) is 2.33. The lowest BCUT2D eigenvalue weighted by Gasteiger charge is -2.03. The molecule has 4 nitrogen and oxygen atoms in total. The van der Waals surface area contributed by atoms with Crippen molar-refractivity contribution in [3.05, 3.63) is 17.3 Å². The molecule has 0 saturated carbocycles. The molecule has 0 aliphatic carbocycles. The number of nitrogens with zero attached hydrogens (tertiary/aromatic N) is 1. The van der Waals surface area contributed by atoms with Gasteiger partial charge < -0.3 is 15.8 Å². The summed E-state index contributed by atoms with van der Waals surface area (Å²) in [5, 5.41) is 17.7. The van der Waals surface area contributed by atoms with Crippen molar-refractivity contribution >= 4 is 30.0 Å². The van der Waals surface area contributed by atoms with E-state index in [-0.39, 0.29) is 16.3 Å². The molecule has 0 aromatic carbocycles. The van der Waals surface area contributed by atoms with Crippen LogP contribution in [-0.2, 0) is 0 Å². The van der Waals surface area contributed by atoms with Crippen LogP contribution in [-0.4, -0.2) is 22.2 Å². The van der Waals surface area contributed by atoms with E-state index in [2.05, 4.69) is 4.98 Å². The van der Waals surface area contributed by atoms with Crippen molar-refractivity contribution < 1.29 is 10.0 Å². The van der Waals surface area contributed by atoms with Gasteiger partial charge in [0.05, 0.1) is 0 Å². The van der Waals surface area contributed by atoms with Gasteiger partial charge in [-0.1, -0.05) is 11.6 Å². The van der Waals surface area contributed by atoms with Gasteiger partial charge in [-0.2, -0.15) is 0 Å². The lowest BCUT2D eigenvalue weighted by atomic mass is 9.80. The minimum absolute atomic E-state index is 0.0347. The first kappa shape index (κ1) is 8.32. The Morgan fingerprint density at radius 1 is 1.55 bits per heavy atom. The highest BCUT2D eigenvalue weighted by molar-refractivity contribution is 6.64. The van der Waals surface area contributed by atoms with Gasteiger partial charge >= 0.3 is 7.12 Å². The third-order valence-electron chi connectivity index (χ3n) is 1.23. The smallest absolute Gasteiger partial charge is 0.423 e. The molecule has 0 spiro atoms. The van der Waals surface area contributed by atoms with Gasteiger partial charge in [0.2, 0.25) is 0 Å². The van der Waals surface area contributed by atoms with Gasteiger partial charge in [0.25, 0.3) is 0 Å². The molecule has 11 heavy (non-hydrogen) atoms. The number of halogens is 1. The number of hydrogen-bond acceptors (Lipinski definition) is 4. The SMILES string of the molecule is Nc1nccc(Cl)c1B(O)O. The second-order valence-corrected chi connectivity index (χ2v) is 2.37. The van der Waals surface area contributed by atoms with E-state index in [9.17, 15) is 0 Å². The van der Waals surface area contributed by atoms with E-state index in [4.69, 9.17) is 27.4 Å². The highest BCUT2D eigenvalue weighted by atomic mass is 35.5. The van der Waals surface area contributed by atoms with Gasteiger partial charge in [-0.3, -0.25) is 0 Å². The molecule has 1 heterocycles. The summed E-state index contributed by atoms with van der Waals surface area (Å²) >= 11 is 5.58. The number of nitrogens with two attached hydrogens (primary N) is 1. The van der Waals surface area contributed by atoms with Crippen LogP contribution in [0.5, 0.6) is 0 Å². The van der Waals surface area contributed by atoms with Crippen LogP contribution in [0.2, 0.25) is 5.02 Å². The molecule has 0 aliphatic rings. The molecule has 4 N–H and O–H groups in total. The van der Waals surface area contributed by atoms with Crippen molar-refractivity contribution in [3.63, 3.8) is 0 Å². The molecule has 0 aliphatic heterocycles. The molecule has 1 aromatic rings. The first-order valence-corrected chi connectivity index (χ1v) is 3.26. The molecule has 1 aromatic heterocycles. The standard InChI is InChI=1S/C5H6BClN2O2/c7-3-1-2-9-5(8)4(3)6(10)11/h1-2,10-11H,(H2,8,9). The number of anilines is 1. The molecular formula is C5H6BClN2O2. The largest absolute Gasteiger partial charge is 0.493 e. The average Bonchev–Trinajstić information content (AvgIpc) is 1.85. The van der Waals surface area contributed by atoms with E-state index in [0.29, 0.717) is 0 Å². The summed E-state index contributed by atoms with van der Waals surface area (Å²) < 4.78 is 0. The van der Waals surface area contributed by atoms with Crippen molar-refractivity contribution in [1.82, 2.24) is 4.98 Å². The fraction of sp³-hybridized carbons (Fsp3) is 0. The minimum atomic E-state index is -1.67. The average molecular weight is 172 g/mol. The highest BCUT2D eigenvalue weighted by Gasteiger charge is 2.18. The zero-order chi connectivity index (χ0) is 8.43. The number of pyridine rings is 1. The Morgan fingerprint density at radius 3 is 2.55 bits per heavy atom. The molecule has 0 saturated heterocycles. The third-order valence-corrected chi connectivity index (χ3v) is 1.56. The van der Waals surface area contributed by atoms with Gasteiger partial charge in [-0.15, -0.1) is 0 Å². The fourth-order valence-electron chi connectivity index (χ4n) is 0.720. The highest BCUT2D eigenvalue weighted by Crippen LogP contribution is 2.06. The first-order chi connectivity index (χ1) is 5.13. The molecule has 1 rings (SSSR count). The van der Waals surface area contributed by atoms with Crippen LogP contribution in [0.25, 0.3) is 0 Å². The Labute approximate surface area is 68.8 Å². The van der Waals surface area contributed by atoms with Crippen molar-refractivity contribution in [1.29, 1.82) is 0 Å². The monoisotopic (exact) mass is 172 g/mol. The molecule has 0 fully saturated rings. The summed E-state index contributed by atoms with van der Waals surface area (Å²) in [6.07, 6.45) is 1.39. The predicted molar refractivity (Wildman–Crippen MR) is 43.5 cm³/mol. The van der Waals surface area contributed by atoms with Gasteiger partial charge in [0.1, 0.15) is 5.82 Å². The Balaban J connectivity index is 3.21. The minimum Gasteiger partial charge on any atom is -0.423 e. The molecule has 0 atom stereocenters. The zero-order valence-electron chi connectivity index (χ0n) is 5.53. The molecule has 0 radical (unpaired) electrons. The summed E-state index contributed by atoms with van der Waals surface area (Å²) in [6.45, 7) is 0. The maximum absolute atomic E-state index is 8.74. The lowest BCUT2D eigenvalue weighted by Crippen LogP contribution is -2.33. The van der Waals surface area contributed by atoms with Crippen LogP contribution in [0.3, 0.4) is 0 Å². The Hall–Kier alpha value is -0.775. The molecule has 0 unspecified atom stereocenters. The normalized spacial score (nSPS) is 9.73. The molecule has 58 valence electrons. The van der Waals surface area contributed by atoms with Crippen LogP contribution in [0.15, 0.2) is 12.3 Å². The number of nitrogen functional groups attached to an aromatic ring is 1. The fourth-order valence-corrected chi connectivity index (χ4v) is 0.971. The van der Waals surface area contributed by atoms with Crippen molar-refractivity contribution in [2.75, 3.05) is 5.73 Å². The Morgan fingerprint density at radius 2 is 2.18 bits per heavy atom. The van der Waals surface area contributed by atoms with E-state index >= 15 is 0 Å². The second-order valence-electron chi connectivity index (χ2n) is 1.97. The predicted octanol–water partition coefficient (Wildman–Crippen LogP) is -1.00. The van der Waals surface area contributed by atoms with Crippen LogP contribution in [0, 0.1) is 0 Å². The lowest BCUT2D eigenvalue weighted by molar-refractivity contribution is 0.426. The van der Waals surface area contributed by atoms with E-state index in [0.717, 1.165) is 0 Å². The maximum Gasteiger partial charge on any atom is 0.493 e. The van der Waals surface area contributed by atoms with Gasteiger partial charge in [-0.25, -0.2) is 4.98 Å². The number of hydrogen-bond donors (Lipinski definition) is 3. The first-order valence-electron chi connectivity index (χ1n) is 2.89. The van der Waals surface area contributed by atoms with Crippen molar-refractivity contribution in [2.45, 2.75) is 0 Å². The van der Waals surface area contributed by atoms with Gasteiger partial charge in [0.15, 0.2) is 0 Å². The molecule has 0 bridgehead atoms. The number of rotatable bonds is 1. The van der Waals surface area contributed by atoms with Crippen LogP contribution >= 0.6 is 11.6 Å². The summed E-state index contributed by atoms with van der Waals surface area (Å²) in [6, 6.07) is 1.44. The third kappa shape index (κ3) is 1.62. The van der Waals surface area contributed by atoms with Gasteiger partial charge in [0, 0.05) is 16.7 Å². The molecular weight excluding hydrogens is 166 g/mol. The van der Waals surface area contributed by atoms with E-state index in [1.165, 1.54) is 12.3 Å². The van der Waals surface area contributed by atoms with E-state index in [1.807, 2.05) is 0 Å². The van der Waals surface area contributed by atoms with Gasteiger partial charge in [-0.05, 0) is 6.07 Å². The van der Waals surface area contributed by atoms with Crippen LogP contribution in [0.4, 0.5) is 5.82 Å². The molecule has 6 heteroatoms. The van der Waals surface area contributed by atoms with Crippen molar-refractivity contribution in [3.8, 4) is 0 Å². The topological polar surface area (TPSA) is 79.4 Å². The summed E-state index contributed by atoms with van der Waals surface area (Å²) in [5.41, 5.74) is 5.36. The molecule has 0 amide bonds. The quantitative estimate of drug-likeness (QED) is 0.475. The Bertz CT molecular complexity index is 248. The van der Waals surface area contributed by atoms with Crippen LogP contribution < -0.4 is 11.2 Å². The van der Waals surface area contributed by atoms with Crippen LogP contribution in [0.1, 0.15) is 0 Å².